The van der Waals surface area contributed by atoms with Crippen LogP contribution in [0.2, 0.25) is 0 Å². The number of amides is 1. The number of hydrogen-bond donors (Lipinski definition) is 2. The maximum atomic E-state index is 12.1. The molecule has 20 heavy (non-hydrogen) atoms. The van der Waals surface area contributed by atoms with Gasteiger partial charge in [0.1, 0.15) is 0 Å². The predicted octanol–water partition coefficient (Wildman–Crippen LogP) is 3.02. The standard InChI is InChI=1S/C14H21NO3S2/c1-9(2)6-11(7-19-8-13(16)17)15-14(18)12-5-4-10(3)20-12/h4-5,9,11H,6-8H2,1-3H3,(H,15,18)(H,16,17). The summed E-state index contributed by atoms with van der Waals surface area (Å²) in [5.74, 6) is 0.266. The molecule has 1 rings (SSSR count). The van der Waals surface area contributed by atoms with Crippen molar-refractivity contribution < 1.29 is 14.7 Å². The molecule has 0 fully saturated rings. The van der Waals surface area contributed by atoms with Crippen molar-refractivity contribution in [1.82, 2.24) is 5.32 Å². The summed E-state index contributed by atoms with van der Waals surface area (Å²) in [5.41, 5.74) is 0. The Hall–Kier alpha value is -1.01. The molecular weight excluding hydrogens is 294 g/mol. The molecule has 0 aliphatic heterocycles. The van der Waals surface area contributed by atoms with E-state index in [1.807, 2.05) is 19.1 Å². The molecule has 1 aromatic rings. The van der Waals surface area contributed by atoms with Gasteiger partial charge in [-0.05, 0) is 31.4 Å². The highest BCUT2D eigenvalue weighted by Crippen LogP contribution is 2.17. The van der Waals surface area contributed by atoms with Crippen LogP contribution < -0.4 is 5.32 Å². The minimum absolute atomic E-state index is 0.00857. The predicted molar refractivity (Wildman–Crippen MR) is 84.7 cm³/mol. The fraction of sp³-hybridized carbons (Fsp3) is 0.571. The van der Waals surface area contributed by atoms with Gasteiger partial charge in [-0.3, -0.25) is 9.59 Å². The van der Waals surface area contributed by atoms with Gasteiger partial charge in [0.2, 0.25) is 0 Å². The van der Waals surface area contributed by atoms with E-state index < -0.39 is 5.97 Å². The van der Waals surface area contributed by atoms with Crippen LogP contribution in [0.1, 0.15) is 34.8 Å². The lowest BCUT2D eigenvalue weighted by atomic mass is 10.1. The highest BCUT2D eigenvalue weighted by molar-refractivity contribution is 7.99. The molecule has 0 aliphatic rings. The lowest BCUT2D eigenvalue weighted by Gasteiger charge is -2.19. The number of carbonyl (C=O) groups is 2. The number of carboxylic acids is 1. The van der Waals surface area contributed by atoms with Gasteiger partial charge in [0.25, 0.3) is 5.91 Å². The van der Waals surface area contributed by atoms with Crippen molar-refractivity contribution in [2.75, 3.05) is 11.5 Å². The van der Waals surface area contributed by atoms with Gasteiger partial charge in [0.05, 0.1) is 10.6 Å². The number of thiophene rings is 1. The maximum Gasteiger partial charge on any atom is 0.313 e. The van der Waals surface area contributed by atoms with Gasteiger partial charge >= 0.3 is 5.97 Å². The molecule has 1 heterocycles. The quantitative estimate of drug-likeness (QED) is 0.774. The van der Waals surface area contributed by atoms with E-state index in [4.69, 9.17) is 5.11 Å². The monoisotopic (exact) mass is 315 g/mol. The van der Waals surface area contributed by atoms with Gasteiger partial charge in [-0.1, -0.05) is 13.8 Å². The fourth-order valence-corrected chi connectivity index (χ4v) is 3.41. The number of aliphatic carboxylic acids is 1. The van der Waals surface area contributed by atoms with Gasteiger partial charge in [0.15, 0.2) is 0 Å². The summed E-state index contributed by atoms with van der Waals surface area (Å²) in [6.07, 6.45) is 0.850. The molecular formula is C14H21NO3S2. The van der Waals surface area contributed by atoms with Crippen LogP contribution >= 0.6 is 23.1 Å². The first kappa shape index (κ1) is 17.0. The number of carboxylic acid groups (broad SMARTS) is 1. The molecule has 4 nitrogen and oxygen atoms in total. The lowest BCUT2D eigenvalue weighted by molar-refractivity contribution is -0.133. The molecule has 1 atom stereocenters. The van der Waals surface area contributed by atoms with Crippen molar-refractivity contribution in [2.45, 2.75) is 33.2 Å². The molecule has 112 valence electrons. The summed E-state index contributed by atoms with van der Waals surface area (Å²) in [4.78, 5) is 24.5. The molecule has 0 saturated carbocycles. The van der Waals surface area contributed by atoms with Gasteiger partial charge in [-0.15, -0.1) is 23.1 Å². The van der Waals surface area contributed by atoms with Crippen molar-refractivity contribution in [1.29, 1.82) is 0 Å². The Kier molecular flexibility index (Phi) is 7.09. The van der Waals surface area contributed by atoms with Crippen molar-refractivity contribution in [3.8, 4) is 0 Å². The van der Waals surface area contributed by atoms with Crippen LogP contribution in [0.15, 0.2) is 12.1 Å². The third-order valence-corrected chi connectivity index (χ3v) is 4.69. The molecule has 1 amide bonds. The highest BCUT2D eigenvalue weighted by Gasteiger charge is 2.16. The third-order valence-electron chi connectivity index (χ3n) is 2.60. The highest BCUT2D eigenvalue weighted by atomic mass is 32.2. The summed E-state index contributed by atoms with van der Waals surface area (Å²) in [5, 5.41) is 11.7. The van der Waals surface area contributed by atoms with E-state index >= 15 is 0 Å². The summed E-state index contributed by atoms with van der Waals surface area (Å²) in [7, 11) is 0. The molecule has 0 aromatic carbocycles. The van der Waals surface area contributed by atoms with Crippen LogP contribution in [-0.4, -0.2) is 34.5 Å². The second-order valence-corrected chi connectivity index (χ2v) is 7.44. The van der Waals surface area contributed by atoms with Crippen LogP contribution in [0.25, 0.3) is 0 Å². The Morgan fingerprint density at radius 1 is 1.40 bits per heavy atom. The molecule has 0 aliphatic carbocycles. The van der Waals surface area contributed by atoms with E-state index in [-0.39, 0.29) is 17.7 Å². The van der Waals surface area contributed by atoms with Gasteiger partial charge < -0.3 is 10.4 Å². The number of aryl methyl sites for hydroxylation is 1. The Morgan fingerprint density at radius 3 is 2.60 bits per heavy atom. The normalized spacial score (nSPS) is 12.4. The zero-order chi connectivity index (χ0) is 15.1. The molecule has 0 bridgehead atoms. The summed E-state index contributed by atoms with van der Waals surface area (Å²) >= 11 is 2.82. The number of rotatable bonds is 8. The SMILES string of the molecule is Cc1ccc(C(=O)NC(CSCC(=O)O)CC(C)C)s1. The van der Waals surface area contributed by atoms with Gasteiger partial charge in [-0.2, -0.15) is 0 Å². The molecule has 0 radical (unpaired) electrons. The lowest BCUT2D eigenvalue weighted by Crippen LogP contribution is -2.37. The van der Waals surface area contributed by atoms with Crippen LogP contribution in [0, 0.1) is 12.8 Å². The van der Waals surface area contributed by atoms with Crippen molar-refractivity contribution in [3.05, 3.63) is 21.9 Å². The second kappa shape index (κ2) is 8.32. The minimum Gasteiger partial charge on any atom is -0.481 e. The molecule has 2 N–H and O–H groups in total. The number of carbonyl (C=O) groups excluding carboxylic acids is 1. The van der Waals surface area contributed by atoms with Crippen LogP contribution in [0.4, 0.5) is 0 Å². The Labute approximate surface area is 128 Å². The minimum atomic E-state index is -0.821. The summed E-state index contributed by atoms with van der Waals surface area (Å²) in [6.45, 7) is 6.16. The van der Waals surface area contributed by atoms with Crippen LogP contribution in [0.3, 0.4) is 0 Å². The van der Waals surface area contributed by atoms with E-state index in [0.29, 0.717) is 16.5 Å². The van der Waals surface area contributed by atoms with Crippen LogP contribution in [-0.2, 0) is 4.79 Å². The summed E-state index contributed by atoms with van der Waals surface area (Å²) in [6, 6.07) is 3.76. The Balaban J connectivity index is 2.54. The zero-order valence-corrected chi connectivity index (χ0v) is 13.6. The maximum absolute atomic E-state index is 12.1. The number of hydrogen-bond acceptors (Lipinski definition) is 4. The fourth-order valence-electron chi connectivity index (χ4n) is 1.84. The van der Waals surface area contributed by atoms with E-state index in [0.717, 1.165) is 11.3 Å². The smallest absolute Gasteiger partial charge is 0.313 e. The first-order chi connectivity index (χ1) is 9.38. The van der Waals surface area contributed by atoms with E-state index in [1.54, 1.807) is 0 Å². The molecule has 6 heteroatoms. The largest absolute Gasteiger partial charge is 0.481 e. The Bertz CT molecular complexity index is 457. The van der Waals surface area contributed by atoms with Crippen LogP contribution in [0.5, 0.6) is 0 Å². The molecule has 1 unspecified atom stereocenters. The number of nitrogens with one attached hydrogen (secondary N) is 1. The van der Waals surface area contributed by atoms with Crippen molar-refractivity contribution in [3.63, 3.8) is 0 Å². The topological polar surface area (TPSA) is 66.4 Å². The van der Waals surface area contributed by atoms with Gasteiger partial charge in [-0.25, -0.2) is 0 Å². The van der Waals surface area contributed by atoms with E-state index in [1.165, 1.54) is 23.1 Å². The first-order valence-electron chi connectivity index (χ1n) is 6.55. The Morgan fingerprint density at radius 2 is 2.10 bits per heavy atom. The zero-order valence-electron chi connectivity index (χ0n) is 12.0. The molecule has 0 spiro atoms. The summed E-state index contributed by atoms with van der Waals surface area (Å²) < 4.78 is 0. The second-order valence-electron chi connectivity index (χ2n) is 5.12. The average molecular weight is 315 g/mol. The number of thioether (sulfide) groups is 1. The molecule has 0 saturated heterocycles. The van der Waals surface area contributed by atoms with Crippen molar-refractivity contribution >= 4 is 35.0 Å². The molecule has 1 aromatic heterocycles. The average Bonchev–Trinajstić information content (AvgIpc) is 2.74. The van der Waals surface area contributed by atoms with E-state index in [9.17, 15) is 9.59 Å². The van der Waals surface area contributed by atoms with Crippen molar-refractivity contribution in [2.24, 2.45) is 5.92 Å². The van der Waals surface area contributed by atoms with E-state index in [2.05, 4.69) is 19.2 Å². The van der Waals surface area contributed by atoms with Gasteiger partial charge in [0, 0.05) is 16.7 Å². The third kappa shape index (κ3) is 6.43. The first-order valence-corrected chi connectivity index (χ1v) is 8.52.